The van der Waals surface area contributed by atoms with E-state index in [9.17, 15) is 4.79 Å². The van der Waals surface area contributed by atoms with Crippen molar-refractivity contribution in [3.63, 3.8) is 0 Å². The van der Waals surface area contributed by atoms with Crippen LogP contribution in [-0.2, 0) is 13.6 Å². The lowest BCUT2D eigenvalue weighted by Gasteiger charge is -2.24. The van der Waals surface area contributed by atoms with Gasteiger partial charge in [0.15, 0.2) is 0 Å². The van der Waals surface area contributed by atoms with Gasteiger partial charge in [0.25, 0.3) is 5.91 Å². The summed E-state index contributed by atoms with van der Waals surface area (Å²) in [6.45, 7) is 2.38. The molecule has 4 heteroatoms. The second kappa shape index (κ2) is 5.88. The molecule has 0 N–H and O–H groups in total. The summed E-state index contributed by atoms with van der Waals surface area (Å²) in [6.07, 6.45) is 2.14. The number of benzene rings is 2. The Labute approximate surface area is 157 Å². The quantitative estimate of drug-likeness (QED) is 0.528. The van der Waals surface area contributed by atoms with Gasteiger partial charge in [0, 0.05) is 35.3 Å². The first kappa shape index (κ1) is 15.9. The zero-order valence-corrected chi connectivity index (χ0v) is 15.3. The van der Waals surface area contributed by atoms with Crippen LogP contribution in [-0.4, -0.2) is 15.4 Å². The van der Waals surface area contributed by atoms with Crippen molar-refractivity contribution in [3.8, 4) is 0 Å². The van der Waals surface area contributed by atoms with Crippen molar-refractivity contribution in [1.82, 2.24) is 9.47 Å². The molecule has 2 aromatic carbocycles. The summed E-state index contributed by atoms with van der Waals surface area (Å²) < 4.78 is 7.90. The van der Waals surface area contributed by atoms with Crippen LogP contribution in [0.15, 0.2) is 71.3 Å². The Morgan fingerprint density at radius 2 is 1.74 bits per heavy atom. The van der Waals surface area contributed by atoms with Crippen LogP contribution in [0.3, 0.4) is 0 Å². The number of para-hydroxylation sites is 1. The molecular formula is C23H20N2O2. The van der Waals surface area contributed by atoms with Gasteiger partial charge in [0.2, 0.25) is 0 Å². The van der Waals surface area contributed by atoms with Crippen molar-refractivity contribution in [2.45, 2.75) is 19.5 Å². The first-order chi connectivity index (χ1) is 13.1. The van der Waals surface area contributed by atoms with Gasteiger partial charge in [-0.05, 0) is 36.8 Å². The molecule has 5 rings (SSSR count). The van der Waals surface area contributed by atoms with Crippen LogP contribution >= 0.6 is 0 Å². The van der Waals surface area contributed by atoms with E-state index in [2.05, 4.69) is 42.1 Å². The summed E-state index contributed by atoms with van der Waals surface area (Å²) in [5.41, 5.74) is 4.15. The highest BCUT2D eigenvalue weighted by Gasteiger charge is 2.39. The summed E-state index contributed by atoms with van der Waals surface area (Å²) in [4.78, 5) is 15.1. The lowest BCUT2D eigenvalue weighted by molar-refractivity contribution is 0.0723. The van der Waals surface area contributed by atoms with E-state index in [4.69, 9.17) is 4.42 Å². The standard InChI is InChI=1S/C23H20N2O2/c1-15-11-12-16(27-15)13-25-22(18-8-3-4-9-19(18)23(25)26)20-14-24(2)21-10-6-5-7-17(20)21/h3-12,14,22H,13H2,1-2H3/t22-/m1/s1. The van der Waals surface area contributed by atoms with E-state index in [0.29, 0.717) is 6.54 Å². The molecule has 0 fully saturated rings. The molecule has 1 atom stereocenters. The number of aryl methyl sites for hydroxylation is 2. The lowest BCUT2D eigenvalue weighted by atomic mass is 9.97. The third-order valence-corrected chi connectivity index (χ3v) is 5.40. The van der Waals surface area contributed by atoms with Crippen molar-refractivity contribution < 1.29 is 9.21 Å². The molecule has 134 valence electrons. The molecule has 0 radical (unpaired) electrons. The Hall–Kier alpha value is -3.27. The summed E-state index contributed by atoms with van der Waals surface area (Å²) in [6, 6.07) is 20.0. The molecule has 27 heavy (non-hydrogen) atoms. The summed E-state index contributed by atoms with van der Waals surface area (Å²) in [5.74, 6) is 1.72. The molecule has 3 heterocycles. The minimum atomic E-state index is -0.120. The van der Waals surface area contributed by atoms with E-state index in [-0.39, 0.29) is 11.9 Å². The minimum absolute atomic E-state index is 0.0533. The van der Waals surface area contributed by atoms with Crippen LogP contribution in [0.4, 0.5) is 0 Å². The van der Waals surface area contributed by atoms with Crippen molar-refractivity contribution >= 4 is 16.8 Å². The van der Waals surface area contributed by atoms with Gasteiger partial charge < -0.3 is 13.9 Å². The van der Waals surface area contributed by atoms with Gasteiger partial charge in [-0.15, -0.1) is 0 Å². The van der Waals surface area contributed by atoms with Crippen LogP contribution in [0.25, 0.3) is 10.9 Å². The lowest BCUT2D eigenvalue weighted by Crippen LogP contribution is -2.28. The molecule has 0 unspecified atom stereocenters. The van der Waals surface area contributed by atoms with E-state index < -0.39 is 0 Å². The number of amides is 1. The van der Waals surface area contributed by atoms with Gasteiger partial charge in [-0.1, -0.05) is 36.4 Å². The highest BCUT2D eigenvalue weighted by Crippen LogP contribution is 2.42. The molecule has 1 amide bonds. The number of hydrogen-bond donors (Lipinski definition) is 0. The van der Waals surface area contributed by atoms with Gasteiger partial charge in [-0.25, -0.2) is 0 Å². The topological polar surface area (TPSA) is 38.4 Å². The number of fused-ring (bicyclic) bond motifs is 2. The SMILES string of the molecule is Cc1ccc(CN2C(=O)c3ccccc3[C@@H]2c2cn(C)c3ccccc23)o1. The Morgan fingerprint density at radius 3 is 2.56 bits per heavy atom. The van der Waals surface area contributed by atoms with E-state index in [1.165, 1.54) is 5.39 Å². The van der Waals surface area contributed by atoms with Gasteiger partial charge in [-0.3, -0.25) is 4.79 Å². The van der Waals surface area contributed by atoms with E-state index >= 15 is 0 Å². The third-order valence-electron chi connectivity index (χ3n) is 5.40. The van der Waals surface area contributed by atoms with Crippen molar-refractivity contribution in [3.05, 3.63) is 95.1 Å². The van der Waals surface area contributed by atoms with E-state index in [1.807, 2.05) is 48.2 Å². The molecular weight excluding hydrogens is 336 g/mol. The number of nitrogens with zero attached hydrogens (tertiary/aromatic N) is 2. The predicted molar refractivity (Wildman–Crippen MR) is 105 cm³/mol. The van der Waals surface area contributed by atoms with Gasteiger partial charge in [0.05, 0.1) is 12.6 Å². The Bertz CT molecular complexity index is 1170. The fraction of sp³-hybridized carbons (Fsp3) is 0.174. The monoisotopic (exact) mass is 356 g/mol. The van der Waals surface area contributed by atoms with Crippen molar-refractivity contribution in [2.24, 2.45) is 7.05 Å². The molecule has 0 bridgehead atoms. The molecule has 0 aliphatic carbocycles. The number of furan rings is 1. The maximum absolute atomic E-state index is 13.2. The maximum atomic E-state index is 13.2. The second-order valence-electron chi connectivity index (χ2n) is 7.15. The smallest absolute Gasteiger partial charge is 0.255 e. The molecule has 2 aromatic heterocycles. The Balaban J connectivity index is 1.69. The average molecular weight is 356 g/mol. The Morgan fingerprint density at radius 1 is 0.963 bits per heavy atom. The highest BCUT2D eigenvalue weighted by atomic mass is 16.3. The molecule has 1 aliphatic heterocycles. The zero-order chi connectivity index (χ0) is 18.5. The van der Waals surface area contributed by atoms with Gasteiger partial charge in [0.1, 0.15) is 11.5 Å². The van der Waals surface area contributed by atoms with Crippen LogP contribution in [0.2, 0.25) is 0 Å². The number of rotatable bonds is 3. The fourth-order valence-corrected chi connectivity index (χ4v) is 4.20. The number of carbonyl (C=O) groups excluding carboxylic acids is 1. The summed E-state index contributed by atoms with van der Waals surface area (Å²) in [7, 11) is 2.05. The predicted octanol–water partition coefficient (Wildman–Crippen LogP) is 4.83. The highest BCUT2D eigenvalue weighted by molar-refractivity contribution is 6.00. The molecule has 4 aromatic rings. The normalized spacial score (nSPS) is 16.3. The van der Waals surface area contributed by atoms with Crippen LogP contribution < -0.4 is 0 Å². The maximum Gasteiger partial charge on any atom is 0.255 e. The van der Waals surface area contributed by atoms with Crippen molar-refractivity contribution in [1.29, 1.82) is 0 Å². The third kappa shape index (κ3) is 2.40. The Kier molecular flexibility index (Phi) is 3.47. The molecule has 0 saturated heterocycles. The number of aromatic nitrogens is 1. The van der Waals surface area contributed by atoms with Crippen molar-refractivity contribution in [2.75, 3.05) is 0 Å². The number of carbonyl (C=O) groups is 1. The molecule has 1 aliphatic rings. The molecule has 0 spiro atoms. The molecule has 4 nitrogen and oxygen atoms in total. The first-order valence-corrected chi connectivity index (χ1v) is 9.12. The first-order valence-electron chi connectivity index (χ1n) is 9.12. The largest absolute Gasteiger partial charge is 0.464 e. The fourth-order valence-electron chi connectivity index (χ4n) is 4.20. The van der Waals surface area contributed by atoms with E-state index in [0.717, 1.165) is 33.7 Å². The van der Waals surface area contributed by atoms with Crippen LogP contribution in [0, 0.1) is 6.92 Å². The average Bonchev–Trinajstić information content (AvgIpc) is 3.32. The van der Waals surface area contributed by atoms with E-state index in [1.54, 1.807) is 0 Å². The summed E-state index contributed by atoms with van der Waals surface area (Å²) >= 11 is 0. The number of hydrogen-bond acceptors (Lipinski definition) is 2. The minimum Gasteiger partial charge on any atom is -0.464 e. The zero-order valence-electron chi connectivity index (χ0n) is 15.3. The van der Waals surface area contributed by atoms with Gasteiger partial charge in [-0.2, -0.15) is 0 Å². The van der Waals surface area contributed by atoms with Gasteiger partial charge >= 0.3 is 0 Å². The molecule has 0 saturated carbocycles. The van der Waals surface area contributed by atoms with Crippen LogP contribution in [0.5, 0.6) is 0 Å². The summed E-state index contributed by atoms with van der Waals surface area (Å²) in [5, 5.41) is 1.18. The second-order valence-corrected chi connectivity index (χ2v) is 7.15. The van der Waals surface area contributed by atoms with Crippen LogP contribution in [0.1, 0.15) is 39.0 Å².